The zero-order valence-corrected chi connectivity index (χ0v) is 13.0. The van der Waals surface area contributed by atoms with Crippen LogP contribution in [0, 0.1) is 0 Å². The Morgan fingerprint density at radius 1 is 1.29 bits per heavy atom. The van der Waals surface area contributed by atoms with Crippen LogP contribution in [0.15, 0.2) is 48.0 Å². The minimum atomic E-state index is 0.223. The van der Waals surface area contributed by atoms with Gasteiger partial charge >= 0.3 is 0 Å². The van der Waals surface area contributed by atoms with Crippen LogP contribution < -0.4 is 10.1 Å². The highest BCUT2D eigenvalue weighted by atomic mass is 32.1. The van der Waals surface area contributed by atoms with E-state index in [9.17, 15) is 0 Å². The first-order chi connectivity index (χ1) is 10.3. The molecule has 0 spiro atoms. The van der Waals surface area contributed by atoms with Crippen molar-refractivity contribution >= 4 is 21.6 Å². The van der Waals surface area contributed by atoms with E-state index in [1.54, 1.807) is 18.4 Å². The van der Waals surface area contributed by atoms with Gasteiger partial charge in [-0.1, -0.05) is 18.2 Å². The van der Waals surface area contributed by atoms with E-state index >= 15 is 0 Å². The molecule has 108 valence electrons. The van der Waals surface area contributed by atoms with Gasteiger partial charge in [-0.2, -0.15) is 0 Å². The number of methoxy groups -OCH3 is 1. The molecule has 0 bridgehead atoms. The molecule has 0 amide bonds. The molecule has 2 heterocycles. The van der Waals surface area contributed by atoms with Crippen LogP contribution in [-0.2, 0) is 6.42 Å². The number of para-hydroxylation sites is 1. The van der Waals surface area contributed by atoms with Crippen LogP contribution in [0.2, 0.25) is 0 Å². The molecule has 4 heteroatoms. The van der Waals surface area contributed by atoms with E-state index in [-0.39, 0.29) is 6.04 Å². The summed E-state index contributed by atoms with van der Waals surface area (Å²) >= 11 is 1.73. The number of fused-ring (bicyclic) bond motifs is 1. The second kappa shape index (κ2) is 6.24. The zero-order chi connectivity index (χ0) is 14.7. The Morgan fingerprint density at radius 3 is 2.95 bits per heavy atom. The molecule has 0 saturated heterocycles. The quantitative estimate of drug-likeness (QED) is 0.778. The van der Waals surface area contributed by atoms with Gasteiger partial charge in [0, 0.05) is 12.2 Å². The van der Waals surface area contributed by atoms with Crippen molar-refractivity contribution in [3.8, 4) is 5.75 Å². The van der Waals surface area contributed by atoms with Crippen LogP contribution >= 0.6 is 11.3 Å². The molecular weight excluding hydrogens is 280 g/mol. The van der Waals surface area contributed by atoms with Gasteiger partial charge in [0.15, 0.2) is 0 Å². The molecule has 0 fully saturated rings. The van der Waals surface area contributed by atoms with E-state index in [2.05, 4.69) is 33.9 Å². The smallest absolute Gasteiger partial charge is 0.122 e. The summed E-state index contributed by atoms with van der Waals surface area (Å²) in [6.07, 6.45) is 2.84. The van der Waals surface area contributed by atoms with Crippen molar-refractivity contribution < 1.29 is 4.74 Å². The van der Waals surface area contributed by atoms with Crippen LogP contribution in [0.5, 0.6) is 5.75 Å². The molecule has 21 heavy (non-hydrogen) atoms. The number of benzene rings is 1. The zero-order valence-electron chi connectivity index (χ0n) is 12.2. The average molecular weight is 298 g/mol. The Bertz CT molecular complexity index is 738. The lowest BCUT2D eigenvalue weighted by atomic mass is 9.99. The lowest BCUT2D eigenvalue weighted by molar-refractivity contribution is 0.406. The number of hydrogen-bond acceptors (Lipinski definition) is 4. The second-order valence-electron chi connectivity index (χ2n) is 4.93. The van der Waals surface area contributed by atoms with Crippen molar-refractivity contribution in [3.63, 3.8) is 0 Å². The number of aromatic nitrogens is 1. The van der Waals surface area contributed by atoms with E-state index < -0.39 is 0 Å². The molecule has 0 aliphatic carbocycles. The molecule has 1 unspecified atom stereocenters. The topological polar surface area (TPSA) is 34.1 Å². The van der Waals surface area contributed by atoms with Gasteiger partial charge in [0.1, 0.15) is 5.75 Å². The second-order valence-corrected chi connectivity index (χ2v) is 5.88. The van der Waals surface area contributed by atoms with Crippen molar-refractivity contribution in [2.45, 2.75) is 12.5 Å². The highest BCUT2D eigenvalue weighted by molar-refractivity contribution is 7.17. The van der Waals surface area contributed by atoms with Gasteiger partial charge < -0.3 is 10.1 Å². The predicted octanol–water partition coefficient (Wildman–Crippen LogP) is 3.81. The first-order valence-electron chi connectivity index (χ1n) is 6.94. The molecule has 3 nitrogen and oxygen atoms in total. The number of likely N-dealkylation sites (N-methyl/N-ethyl adjacent to an activating group) is 1. The van der Waals surface area contributed by atoms with Crippen LogP contribution in [0.3, 0.4) is 0 Å². The van der Waals surface area contributed by atoms with Crippen LogP contribution in [0.1, 0.15) is 17.2 Å². The third-order valence-corrected chi connectivity index (χ3v) is 4.54. The van der Waals surface area contributed by atoms with Crippen molar-refractivity contribution in [2.75, 3.05) is 14.2 Å². The summed E-state index contributed by atoms with van der Waals surface area (Å²) in [5.41, 5.74) is 3.47. The molecule has 0 aliphatic rings. The van der Waals surface area contributed by atoms with E-state index in [4.69, 9.17) is 4.74 Å². The molecule has 1 N–H and O–H groups in total. The third kappa shape index (κ3) is 2.91. The number of nitrogens with zero attached hydrogens (tertiary/aromatic N) is 1. The Hall–Kier alpha value is -1.91. The molecule has 0 saturated carbocycles. The number of pyridine rings is 1. The van der Waals surface area contributed by atoms with Crippen molar-refractivity contribution in [2.24, 2.45) is 0 Å². The summed E-state index contributed by atoms with van der Waals surface area (Å²) in [6.45, 7) is 0. The fourth-order valence-electron chi connectivity index (χ4n) is 2.53. The normalized spacial score (nSPS) is 12.5. The Labute approximate surface area is 128 Å². The Balaban J connectivity index is 1.90. The average Bonchev–Trinajstić information content (AvgIpc) is 3.00. The molecule has 1 atom stereocenters. The standard InChI is InChI=1S/C17H18N2OS/c1-18-15(9-12-5-3-4-6-16(12)20-2)13-10-17-14(19-11-13)7-8-21-17/h3-8,10-11,15,18H,9H2,1-2H3. The van der Waals surface area contributed by atoms with Gasteiger partial charge in [0.05, 0.1) is 17.3 Å². The van der Waals surface area contributed by atoms with E-state index in [1.165, 1.54) is 15.8 Å². The molecular formula is C17H18N2OS. The number of ether oxygens (including phenoxy) is 1. The van der Waals surface area contributed by atoms with Crippen molar-refractivity contribution in [1.29, 1.82) is 0 Å². The van der Waals surface area contributed by atoms with Gasteiger partial charge in [-0.05, 0) is 48.2 Å². The molecule has 0 aliphatic heterocycles. The molecule has 2 aromatic heterocycles. The maximum atomic E-state index is 5.44. The molecule has 3 rings (SSSR count). The van der Waals surface area contributed by atoms with Crippen LogP contribution in [0.25, 0.3) is 10.2 Å². The SMILES string of the molecule is CNC(Cc1ccccc1OC)c1cnc2ccsc2c1. The van der Waals surface area contributed by atoms with Gasteiger partial charge in [-0.15, -0.1) is 11.3 Å². The summed E-state index contributed by atoms with van der Waals surface area (Å²) in [7, 11) is 3.70. The molecule has 0 radical (unpaired) electrons. The Morgan fingerprint density at radius 2 is 2.14 bits per heavy atom. The van der Waals surface area contributed by atoms with Gasteiger partial charge in [-0.3, -0.25) is 4.98 Å². The number of rotatable bonds is 5. The minimum Gasteiger partial charge on any atom is -0.496 e. The highest BCUT2D eigenvalue weighted by Crippen LogP contribution is 2.27. The minimum absolute atomic E-state index is 0.223. The van der Waals surface area contributed by atoms with E-state index in [0.29, 0.717) is 0 Å². The van der Waals surface area contributed by atoms with Gasteiger partial charge in [0.2, 0.25) is 0 Å². The highest BCUT2D eigenvalue weighted by Gasteiger charge is 2.14. The fraction of sp³-hybridized carbons (Fsp3) is 0.235. The van der Waals surface area contributed by atoms with E-state index in [0.717, 1.165) is 17.7 Å². The van der Waals surface area contributed by atoms with Crippen LogP contribution in [0.4, 0.5) is 0 Å². The van der Waals surface area contributed by atoms with Crippen molar-refractivity contribution in [1.82, 2.24) is 10.3 Å². The monoisotopic (exact) mass is 298 g/mol. The summed E-state index contributed by atoms with van der Waals surface area (Å²) in [5, 5.41) is 5.46. The lowest BCUT2D eigenvalue weighted by Crippen LogP contribution is -2.19. The third-order valence-electron chi connectivity index (χ3n) is 3.69. The van der Waals surface area contributed by atoms with Crippen LogP contribution in [-0.4, -0.2) is 19.1 Å². The molecule has 3 aromatic rings. The first kappa shape index (κ1) is 14.0. The Kier molecular flexibility index (Phi) is 4.18. The van der Waals surface area contributed by atoms with Gasteiger partial charge in [-0.25, -0.2) is 0 Å². The summed E-state index contributed by atoms with van der Waals surface area (Å²) in [4.78, 5) is 4.53. The van der Waals surface area contributed by atoms with Crippen molar-refractivity contribution in [3.05, 3.63) is 59.1 Å². The van der Waals surface area contributed by atoms with E-state index in [1.807, 2.05) is 31.4 Å². The number of thiophene rings is 1. The summed E-state index contributed by atoms with van der Waals surface area (Å²) in [6, 6.07) is 12.7. The maximum Gasteiger partial charge on any atom is 0.122 e. The number of hydrogen-bond donors (Lipinski definition) is 1. The largest absolute Gasteiger partial charge is 0.496 e. The summed E-state index contributed by atoms with van der Waals surface area (Å²) < 4.78 is 6.67. The first-order valence-corrected chi connectivity index (χ1v) is 7.82. The fourth-order valence-corrected chi connectivity index (χ4v) is 3.32. The predicted molar refractivity (Wildman–Crippen MR) is 88.1 cm³/mol. The summed E-state index contributed by atoms with van der Waals surface area (Å²) in [5.74, 6) is 0.933. The maximum absolute atomic E-state index is 5.44. The van der Waals surface area contributed by atoms with Gasteiger partial charge in [0.25, 0.3) is 0 Å². The number of nitrogens with one attached hydrogen (secondary N) is 1. The molecule has 1 aromatic carbocycles. The lowest BCUT2D eigenvalue weighted by Gasteiger charge is -2.18.